The van der Waals surface area contributed by atoms with E-state index in [1.807, 2.05) is 0 Å². The Kier molecular flexibility index (Phi) is 58.3. The first-order chi connectivity index (χ1) is 36.5. The van der Waals surface area contributed by atoms with Crippen LogP contribution < -0.4 is 0 Å². The molecule has 0 aromatic carbocycles. The maximum atomic E-state index is 12.9. The number of ether oxygens (including phenoxy) is 3. The van der Waals surface area contributed by atoms with Crippen LogP contribution in [0.3, 0.4) is 0 Å². The largest absolute Gasteiger partial charge is 0.462 e. The van der Waals surface area contributed by atoms with Crippen molar-refractivity contribution in [3.63, 3.8) is 0 Å². The van der Waals surface area contributed by atoms with E-state index in [2.05, 4.69) is 130 Å². The Bertz CT molecular complexity index is 1510. The Morgan fingerprint density at radius 2 is 0.527 bits per heavy atom. The van der Waals surface area contributed by atoms with Gasteiger partial charge in [-0.25, -0.2) is 0 Å². The van der Waals surface area contributed by atoms with Crippen molar-refractivity contribution in [3.05, 3.63) is 109 Å². The predicted octanol–water partition coefficient (Wildman–Crippen LogP) is 21.0. The number of esters is 3. The van der Waals surface area contributed by atoms with Gasteiger partial charge in [-0.1, -0.05) is 271 Å². The van der Waals surface area contributed by atoms with E-state index in [1.165, 1.54) is 109 Å². The van der Waals surface area contributed by atoms with E-state index in [4.69, 9.17) is 14.2 Å². The van der Waals surface area contributed by atoms with Gasteiger partial charge in [0.25, 0.3) is 0 Å². The molecule has 0 aliphatic heterocycles. The first-order valence-corrected chi connectivity index (χ1v) is 30.9. The Hall–Kier alpha value is -3.93. The van der Waals surface area contributed by atoms with E-state index >= 15 is 0 Å². The fourth-order valence-corrected chi connectivity index (χ4v) is 8.46. The van der Waals surface area contributed by atoms with E-state index in [0.717, 1.165) is 135 Å². The minimum Gasteiger partial charge on any atom is -0.462 e. The molecular formula is C68H114O6. The molecule has 0 aliphatic rings. The zero-order valence-electron chi connectivity index (χ0n) is 48.3. The molecule has 0 fully saturated rings. The first-order valence-electron chi connectivity index (χ1n) is 30.9. The van der Waals surface area contributed by atoms with Crippen molar-refractivity contribution in [2.45, 2.75) is 290 Å². The molecule has 422 valence electrons. The normalized spacial score (nSPS) is 12.9. The van der Waals surface area contributed by atoms with Gasteiger partial charge in [0.05, 0.1) is 0 Å². The van der Waals surface area contributed by atoms with Crippen LogP contribution in [-0.2, 0) is 28.6 Å². The van der Waals surface area contributed by atoms with Crippen LogP contribution in [0.1, 0.15) is 284 Å². The summed E-state index contributed by atoms with van der Waals surface area (Å²) in [7, 11) is 0. The lowest BCUT2D eigenvalue weighted by Gasteiger charge is -2.18. The molecule has 0 aliphatic carbocycles. The van der Waals surface area contributed by atoms with Crippen LogP contribution in [0.5, 0.6) is 0 Å². The highest BCUT2D eigenvalue weighted by Crippen LogP contribution is 2.16. The number of hydrogen-bond acceptors (Lipinski definition) is 6. The first kappa shape index (κ1) is 70.1. The van der Waals surface area contributed by atoms with Gasteiger partial charge >= 0.3 is 17.9 Å². The zero-order chi connectivity index (χ0) is 53.6. The van der Waals surface area contributed by atoms with Crippen molar-refractivity contribution >= 4 is 17.9 Å². The highest BCUT2D eigenvalue weighted by atomic mass is 16.6. The summed E-state index contributed by atoms with van der Waals surface area (Å²) in [5.41, 5.74) is 0. The van der Waals surface area contributed by atoms with Crippen molar-refractivity contribution in [1.82, 2.24) is 0 Å². The molecule has 0 rings (SSSR count). The Morgan fingerprint density at radius 1 is 0.284 bits per heavy atom. The monoisotopic (exact) mass is 1030 g/mol. The van der Waals surface area contributed by atoms with E-state index in [1.54, 1.807) is 0 Å². The zero-order valence-corrected chi connectivity index (χ0v) is 48.3. The Balaban J connectivity index is 4.43. The van der Waals surface area contributed by atoms with E-state index in [9.17, 15) is 14.4 Å². The van der Waals surface area contributed by atoms with Gasteiger partial charge < -0.3 is 14.2 Å². The highest BCUT2D eigenvalue weighted by Gasteiger charge is 2.19. The molecule has 1 atom stereocenters. The van der Waals surface area contributed by atoms with Crippen LogP contribution in [0.4, 0.5) is 0 Å². The van der Waals surface area contributed by atoms with Gasteiger partial charge in [0.2, 0.25) is 0 Å². The van der Waals surface area contributed by atoms with Crippen LogP contribution in [0.25, 0.3) is 0 Å². The molecule has 0 radical (unpaired) electrons. The van der Waals surface area contributed by atoms with Gasteiger partial charge in [-0.2, -0.15) is 0 Å². The summed E-state index contributed by atoms with van der Waals surface area (Å²) < 4.78 is 16.9. The molecule has 0 saturated carbocycles. The number of hydrogen-bond donors (Lipinski definition) is 0. The summed E-state index contributed by atoms with van der Waals surface area (Å²) in [5, 5.41) is 0. The summed E-state index contributed by atoms with van der Waals surface area (Å²) >= 11 is 0. The second-order valence-electron chi connectivity index (χ2n) is 20.2. The average molecular weight is 1030 g/mol. The lowest BCUT2D eigenvalue weighted by atomic mass is 10.0. The minimum absolute atomic E-state index is 0.0906. The lowest BCUT2D eigenvalue weighted by Crippen LogP contribution is -2.30. The molecule has 0 spiro atoms. The van der Waals surface area contributed by atoms with Crippen LogP contribution in [0.2, 0.25) is 0 Å². The molecule has 6 nitrogen and oxygen atoms in total. The second kappa shape index (κ2) is 61.6. The standard InChI is InChI=1S/C68H114O6/c1-4-7-10-13-16-19-22-25-28-31-32-33-34-35-36-38-40-43-46-49-52-55-58-61-67(70)73-64-65(63-72-66(69)60-57-54-51-48-45-42-39-30-27-24-21-18-15-12-9-6-3)74-68(71)62-59-56-53-50-47-44-41-37-29-26-23-20-17-14-11-8-5-2/h7-8,10-11,16-17,19-20,25-26,28-29,32-33,35-36,41,44,65H,4-6,9,12-15,18,21-24,27,30-31,34,37-40,42-43,45-64H2,1-3H3/b10-7-,11-8-,19-16-,20-17-,28-25-,29-26-,33-32-,36-35-,44-41-. The number of carbonyl (C=O) groups excluding carboxylic acids is 3. The third kappa shape index (κ3) is 59.0. The molecule has 0 aromatic rings. The maximum absolute atomic E-state index is 12.9. The smallest absolute Gasteiger partial charge is 0.306 e. The number of allylic oxidation sites excluding steroid dienone is 18. The lowest BCUT2D eigenvalue weighted by molar-refractivity contribution is -0.167. The van der Waals surface area contributed by atoms with E-state index in [0.29, 0.717) is 19.3 Å². The van der Waals surface area contributed by atoms with Crippen molar-refractivity contribution < 1.29 is 28.6 Å². The highest BCUT2D eigenvalue weighted by molar-refractivity contribution is 5.71. The molecule has 0 N–H and O–H groups in total. The van der Waals surface area contributed by atoms with Crippen LogP contribution in [0, 0.1) is 0 Å². The summed E-state index contributed by atoms with van der Waals surface area (Å²) in [6.45, 7) is 6.41. The SMILES string of the molecule is CC/C=C\C/C=C\C/C=C\C/C=C\C/C=C\CCCCCCCCCC(=O)OCC(COC(=O)CCCCCCCCCCCCCCCCCC)OC(=O)CCCCCC/C=C\C/C=C\C/C=C\C/C=C\CC. The van der Waals surface area contributed by atoms with Gasteiger partial charge in [-0.15, -0.1) is 0 Å². The number of rotatable bonds is 55. The summed E-state index contributed by atoms with van der Waals surface area (Å²) in [5.74, 6) is -0.919. The molecule has 0 bridgehead atoms. The van der Waals surface area contributed by atoms with Crippen LogP contribution >= 0.6 is 0 Å². The van der Waals surface area contributed by atoms with E-state index in [-0.39, 0.29) is 31.1 Å². The molecule has 1 unspecified atom stereocenters. The third-order valence-electron chi connectivity index (χ3n) is 13.0. The van der Waals surface area contributed by atoms with Crippen LogP contribution in [0.15, 0.2) is 109 Å². The molecule has 0 heterocycles. The minimum atomic E-state index is -0.797. The fraction of sp³-hybridized carbons (Fsp3) is 0.691. The Morgan fingerprint density at radius 3 is 0.824 bits per heavy atom. The van der Waals surface area contributed by atoms with Gasteiger partial charge in [0.15, 0.2) is 6.10 Å². The van der Waals surface area contributed by atoms with Gasteiger partial charge in [-0.05, 0) is 103 Å². The van der Waals surface area contributed by atoms with Gasteiger partial charge in [0.1, 0.15) is 13.2 Å². The van der Waals surface area contributed by atoms with Crippen molar-refractivity contribution in [3.8, 4) is 0 Å². The van der Waals surface area contributed by atoms with Gasteiger partial charge in [0, 0.05) is 19.3 Å². The summed E-state index contributed by atoms with van der Waals surface area (Å²) in [6.07, 6.45) is 83.7. The molecule has 0 amide bonds. The third-order valence-corrected chi connectivity index (χ3v) is 13.0. The van der Waals surface area contributed by atoms with Crippen LogP contribution in [-0.4, -0.2) is 37.2 Å². The summed E-state index contributed by atoms with van der Waals surface area (Å²) in [4.78, 5) is 38.3. The number of carbonyl (C=O) groups is 3. The topological polar surface area (TPSA) is 78.9 Å². The van der Waals surface area contributed by atoms with Gasteiger partial charge in [-0.3, -0.25) is 14.4 Å². The van der Waals surface area contributed by atoms with Crippen molar-refractivity contribution in [2.75, 3.05) is 13.2 Å². The Labute approximate surface area is 457 Å². The molecule has 74 heavy (non-hydrogen) atoms. The molecular weight excluding hydrogens is 913 g/mol. The number of unbranched alkanes of at least 4 members (excludes halogenated alkanes) is 26. The quantitative estimate of drug-likeness (QED) is 0.0261. The predicted molar refractivity (Wildman–Crippen MR) is 320 cm³/mol. The second-order valence-corrected chi connectivity index (χ2v) is 20.2. The molecule has 6 heteroatoms. The fourth-order valence-electron chi connectivity index (χ4n) is 8.46. The van der Waals surface area contributed by atoms with E-state index < -0.39 is 6.10 Å². The van der Waals surface area contributed by atoms with Crippen molar-refractivity contribution in [1.29, 1.82) is 0 Å². The molecule has 0 saturated heterocycles. The summed E-state index contributed by atoms with van der Waals surface area (Å²) in [6, 6.07) is 0. The average Bonchev–Trinajstić information content (AvgIpc) is 3.40. The molecule has 0 aromatic heterocycles. The maximum Gasteiger partial charge on any atom is 0.306 e. The van der Waals surface area contributed by atoms with Crippen molar-refractivity contribution in [2.24, 2.45) is 0 Å².